The Balaban J connectivity index is 1.64. The average molecular weight is 504 g/mol. The Kier molecular flexibility index (Phi) is 8.48. The Morgan fingerprint density at radius 1 is 1.22 bits per heavy atom. The van der Waals surface area contributed by atoms with E-state index in [2.05, 4.69) is 32.7 Å². The van der Waals surface area contributed by atoms with Gasteiger partial charge in [-0.2, -0.15) is 5.26 Å². The lowest BCUT2D eigenvalue weighted by Crippen LogP contribution is -2.52. The molecule has 1 atom stereocenters. The molecule has 188 valence electrons. The van der Waals surface area contributed by atoms with Crippen molar-refractivity contribution in [2.75, 3.05) is 51.2 Å². The number of carbonyl (C=O) groups is 1. The summed E-state index contributed by atoms with van der Waals surface area (Å²) in [5, 5.41) is 9.81. The second-order valence-electron chi connectivity index (χ2n) is 9.39. The number of amides is 1. The van der Waals surface area contributed by atoms with Crippen LogP contribution >= 0.6 is 11.8 Å². The minimum absolute atomic E-state index is 0.367. The normalized spacial score (nSPS) is 18.4. The van der Waals surface area contributed by atoms with Gasteiger partial charge in [0.05, 0.1) is 12.1 Å². The molecule has 0 saturated carbocycles. The zero-order chi connectivity index (χ0) is 25.7. The van der Waals surface area contributed by atoms with Gasteiger partial charge in [0.2, 0.25) is 11.6 Å². The van der Waals surface area contributed by atoms with E-state index in [1.807, 2.05) is 37.3 Å². The third-order valence-corrected chi connectivity index (χ3v) is 8.47. The molecule has 4 rings (SSSR count). The number of thioether (sulfide) groups is 1. The Morgan fingerprint density at radius 3 is 2.44 bits per heavy atom. The molecule has 2 aliphatic heterocycles. The fraction of sp³-hybridized carbons (Fsp3) is 0.481. The molecule has 2 aliphatic rings. The smallest absolute Gasteiger partial charge is 0.235 e. The molecule has 0 spiro atoms. The van der Waals surface area contributed by atoms with Crippen LogP contribution in [0.3, 0.4) is 0 Å². The summed E-state index contributed by atoms with van der Waals surface area (Å²) in [7, 11) is 2.17. The summed E-state index contributed by atoms with van der Waals surface area (Å²) < 4.78 is 0. The van der Waals surface area contributed by atoms with Gasteiger partial charge in [0, 0.05) is 45.3 Å². The van der Waals surface area contributed by atoms with Crippen LogP contribution < -0.4 is 10.6 Å². The highest BCUT2D eigenvalue weighted by molar-refractivity contribution is 8.00. The zero-order valence-corrected chi connectivity index (χ0v) is 21.8. The van der Waals surface area contributed by atoms with Gasteiger partial charge in [0.1, 0.15) is 22.2 Å². The molecular formula is C27H33N7OS. The summed E-state index contributed by atoms with van der Waals surface area (Å²) in [6.07, 6.45) is 2.56. The van der Waals surface area contributed by atoms with E-state index in [-0.39, 0.29) is 0 Å². The van der Waals surface area contributed by atoms with Crippen LogP contribution in [0.2, 0.25) is 0 Å². The van der Waals surface area contributed by atoms with Crippen LogP contribution in [-0.4, -0.2) is 73.0 Å². The van der Waals surface area contributed by atoms with Crippen LogP contribution in [0.1, 0.15) is 41.7 Å². The van der Waals surface area contributed by atoms with Crippen molar-refractivity contribution >= 4 is 29.2 Å². The summed E-state index contributed by atoms with van der Waals surface area (Å²) in [4.78, 5) is 28.2. The van der Waals surface area contributed by atoms with Gasteiger partial charge in [-0.1, -0.05) is 49.0 Å². The highest BCUT2D eigenvalue weighted by atomic mass is 32.2. The van der Waals surface area contributed by atoms with Crippen LogP contribution in [0, 0.1) is 17.9 Å². The highest BCUT2D eigenvalue weighted by Crippen LogP contribution is 2.43. The maximum atomic E-state index is 12.4. The van der Waals surface area contributed by atoms with E-state index in [1.54, 1.807) is 0 Å². The van der Waals surface area contributed by atoms with Crippen molar-refractivity contribution in [3.63, 3.8) is 0 Å². The lowest BCUT2D eigenvalue weighted by atomic mass is 10.0. The Bertz CT molecular complexity index is 1160. The SMILES string of the molecule is [C-]#[N+]c1c(N2CCC(N3CCN(C)CC3)CC2)nc(SC(C(N)=O)c2ccccc2)c(C#N)c1CC. The van der Waals surface area contributed by atoms with Crippen molar-refractivity contribution in [2.24, 2.45) is 5.73 Å². The van der Waals surface area contributed by atoms with E-state index in [0.29, 0.717) is 40.1 Å². The lowest BCUT2D eigenvalue weighted by molar-refractivity contribution is -0.117. The second-order valence-corrected chi connectivity index (χ2v) is 10.5. The van der Waals surface area contributed by atoms with Crippen molar-refractivity contribution in [1.82, 2.24) is 14.8 Å². The third kappa shape index (κ3) is 5.49. The van der Waals surface area contributed by atoms with Gasteiger partial charge in [0.25, 0.3) is 0 Å². The van der Waals surface area contributed by atoms with Crippen molar-refractivity contribution < 1.29 is 4.79 Å². The number of rotatable bonds is 7. The number of likely N-dealkylation sites (N-methyl/N-ethyl adjacent to an activating group) is 1. The number of benzene rings is 1. The first kappa shape index (κ1) is 26.0. The van der Waals surface area contributed by atoms with Crippen LogP contribution in [0.25, 0.3) is 4.85 Å². The summed E-state index contributed by atoms with van der Waals surface area (Å²) in [5.41, 5.74) is 8.05. The summed E-state index contributed by atoms with van der Waals surface area (Å²) in [6.45, 7) is 15.9. The van der Waals surface area contributed by atoms with Crippen molar-refractivity contribution in [3.05, 3.63) is 58.4 Å². The van der Waals surface area contributed by atoms with Gasteiger partial charge < -0.3 is 15.5 Å². The molecule has 2 saturated heterocycles. The number of hydrogen-bond donors (Lipinski definition) is 1. The maximum Gasteiger partial charge on any atom is 0.235 e. The Morgan fingerprint density at radius 2 is 1.89 bits per heavy atom. The molecule has 1 unspecified atom stereocenters. The molecule has 0 bridgehead atoms. The van der Waals surface area contributed by atoms with Gasteiger partial charge in [-0.15, -0.1) is 0 Å². The fourth-order valence-electron chi connectivity index (χ4n) is 5.13. The zero-order valence-electron chi connectivity index (χ0n) is 21.0. The van der Waals surface area contributed by atoms with E-state index >= 15 is 0 Å². The number of hydrogen-bond acceptors (Lipinski definition) is 7. The number of aromatic nitrogens is 1. The first-order valence-electron chi connectivity index (χ1n) is 12.5. The van der Waals surface area contributed by atoms with E-state index in [9.17, 15) is 10.1 Å². The lowest BCUT2D eigenvalue weighted by Gasteiger charge is -2.42. The number of anilines is 1. The number of nitrogens with two attached hydrogens (primary N) is 1. The molecule has 8 nitrogen and oxygen atoms in total. The van der Waals surface area contributed by atoms with E-state index in [0.717, 1.165) is 57.7 Å². The fourth-order valence-corrected chi connectivity index (χ4v) is 6.19. The molecule has 1 aromatic carbocycles. The van der Waals surface area contributed by atoms with E-state index in [4.69, 9.17) is 17.3 Å². The molecule has 1 amide bonds. The monoisotopic (exact) mass is 503 g/mol. The highest BCUT2D eigenvalue weighted by Gasteiger charge is 2.31. The van der Waals surface area contributed by atoms with Gasteiger partial charge >= 0.3 is 0 Å². The predicted molar refractivity (Wildman–Crippen MR) is 143 cm³/mol. The van der Waals surface area contributed by atoms with E-state index in [1.165, 1.54) is 11.8 Å². The van der Waals surface area contributed by atoms with Crippen molar-refractivity contribution in [3.8, 4) is 6.07 Å². The number of piperazine rings is 1. The van der Waals surface area contributed by atoms with E-state index < -0.39 is 11.2 Å². The molecule has 2 fully saturated rings. The summed E-state index contributed by atoms with van der Waals surface area (Å²) in [5.74, 6) is 0.134. The molecule has 3 heterocycles. The van der Waals surface area contributed by atoms with Crippen molar-refractivity contribution in [1.29, 1.82) is 5.26 Å². The average Bonchev–Trinajstić information content (AvgIpc) is 2.91. The van der Waals surface area contributed by atoms with Gasteiger partial charge in [-0.25, -0.2) is 9.83 Å². The van der Waals surface area contributed by atoms with Crippen LogP contribution in [0.5, 0.6) is 0 Å². The number of primary amides is 1. The number of carbonyl (C=O) groups excluding carboxylic acids is 1. The molecule has 2 N–H and O–H groups in total. The number of nitrogens with zero attached hydrogens (tertiary/aromatic N) is 6. The molecule has 1 aromatic heterocycles. The maximum absolute atomic E-state index is 12.4. The Labute approximate surface area is 217 Å². The van der Waals surface area contributed by atoms with Crippen LogP contribution in [0.15, 0.2) is 35.4 Å². The first-order valence-corrected chi connectivity index (χ1v) is 13.4. The first-order chi connectivity index (χ1) is 17.5. The summed E-state index contributed by atoms with van der Waals surface area (Å²) in [6, 6.07) is 12.1. The minimum Gasteiger partial charge on any atom is -0.368 e. The minimum atomic E-state index is -0.676. The van der Waals surface area contributed by atoms with Crippen LogP contribution in [-0.2, 0) is 11.2 Å². The largest absolute Gasteiger partial charge is 0.368 e. The number of nitriles is 1. The van der Waals surface area contributed by atoms with Gasteiger partial charge in [0.15, 0.2) is 0 Å². The third-order valence-electron chi connectivity index (χ3n) is 7.21. The standard InChI is InChI=1S/C27H33N7OS/c1-4-21-22(18-28)27(36-24(25(29)35)19-8-6-5-7-9-19)31-26(23(21)30-2)34-12-10-20(11-13-34)33-16-14-32(3)15-17-33/h5-9,20,24H,4,10-17H2,1,3H3,(H2,29,35). The molecule has 36 heavy (non-hydrogen) atoms. The Hall–Kier alpha value is -3.11. The van der Waals surface area contributed by atoms with Gasteiger partial charge in [-0.05, 0) is 37.4 Å². The number of piperidine rings is 1. The molecule has 0 radical (unpaired) electrons. The van der Waals surface area contributed by atoms with Gasteiger partial charge in [-0.3, -0.25) is 9.69 Å². The molecule has 2 aromatic rings. The van der Waals surface area contributed by atoms with Crippen LogP contribution in [0.4, 0.5) is 11.5 Å². The topological polar surface area (TPSA) is 93.8 Å². The number of pyridine rings is 1. The second kappa shape index (κ2) is 11.7. The molecular weight excluding hydrogens is 470 g/mol. The molecule has 9 heteroatoms. The summed E-state index contributed by atoms with van der Waals surface area (Å²) >= 11 is 1.20. The molecule has 0 aliphatic carbocycles. The van der Waals surface area contributed by atoms with Crippen molar-refractivity contribution in [2.45, 2.75) is 42.5 Å². The predicted octanol–water partition coefficient (Wildman–Crippen LogP) is 3.60. The quantitative estimate of drug-likeness (QED) is 0.456.